The lowest BCUT2D eigenvalue weighted by Gasteiger charge is -2.13. The summed E-state index contributed by atoms with van der Waals surface area (Å²) in [6.45, 7) is 3.96. The summed E-state index contributed by atoms with van der Waals surface area (Å²) in [4.78, 5) is 16.3. The van der Waals surface area contributed by atoms with Crippen molar-refractivity contribution in [2.75, 3.05) is 12.4 Å². The van der Waals surface area contributed by atoms with Crippen molar-refractivity contribution in [3.63, 3.8) is 0 Å². The molecule has 4 nitrogen and oxygen atoms in total. The first-order chi connectivity index (χ1) is 8.10. The monoisotopic (exact) mass is 233 g/mol. The number of hydrogen-bond donors (Lipinski definition) is 2. The van der Waals surface area contributed by atoms with Gasteiger partial charge in [-0.25, -0.2) is 4.98 Å². The van der Waals surface area contributed by atoms with Crippen molar-refractivity contribution in [1.29, 1.82) is 0 Å². The van der Waals surface area contributed by atoms with Gasteiger partial charge in [-0.3, -0.25) is 4.79 Å². The second kappa shape index (κ2) is 4.73. The highest BCUT2D eigenvalue weighted by atomic mass is 16.1. The summed E-state index contributed by atoms with van der Waals surface area (Å²) < 4.78 is 0. The van der Waals surface area contributed by atoms with E-state index in [0.29, 0.717) is 11.5 Å². The van der Waals surface area contributed by atoms with Gasteiger partial charge in [-0.1, -0.05) is 0 Å². The van der Waals surface area contributed by atoms with E-state index in [0.717, 1.165) is 11.5 Å². The first-order valence-electron chi connectivity index (χ1n) is 6.07. The molecule has 17 heavy (non-hydrogen) atoms. The number of nitrogens with zero attached hydrogens (tertiary/aromatic N) is 1. The Hall–Kier alpha value is -1.58. The third kappa shape index (κ3) is 2.96. The van der Waals surface area contributed by atoms with Gasteiger partial charge in [0.2, 0.25) is 0 Å². The van der Waals surface area contributed by atoms with Crippen molar-refractivity contribution in [3.05, 3.63) is 23.4 Å². The van der Waals surface area contributed by atoms with E-state index in [4.69, 9.17) is 0 Å². The molecule has 1 aliphatic carbocycles. The molecule has 1 unspecified atom stereocenters. The van der Waals surface area contributed by atoms with E-state index in [2.05, 4.69) is 22.5 Å². The van der Waals surface area contributed by atoms with Crippen LogP contribution in [-0.2, 0) is 0 Å². The molecule has 4 heteroatoms. The molecule has 0 aromatic carbocycles. The van der Waals surface area contributed by atoms with Crippen LogP contribution in [0.4, 0.5) is 5.82 Å². The van der Waals surface area contributed by atoms with Gasteiger partial charge in [0, 0.05) is 24.3 Å². The SMILES string of the molecule is CNc1cc(C(=O)NC(C)C2CC2)cc(C)n1. The third-order valence-electron chi connectivity index (χ3n) is 3.16. The molecule has 0 spiro atoms. The average molecular weight is 233 g/mol. The Morgan fingerprint density at radius 2 is 2.18 bits per heavy atom. The van der Waals surface area contributed by atoms with Crippen LogP contribution in [0.15, 0.2) is 12.1 Å². The molecule has 1 aromatic rings. The zero-order chi connectivity index (χ0) is 12.4. The fourth-order valence-corrected chi connectivity index (χ4v) is 1.93. The molecule has 2 rings (SSSR count). The van der Waals surface area contributed by atoms with Crippen LogP contribution in [0.25, 0.3) is 0 Å². The minimum Gasteiger partial charge on any atom is -0.373 e. The number of aromatic nitrogens is 1. The van der Waals surface area contributed by atoms with Crippen molar-refractivity contribution < 1.29 is 4.79 Å². The van der Waals surface area contributed by atoms with Gasteiger partial charge in [0.15, 0.2) is 0 Å². The molecule has 1 heterocycles. The Balaban J connectivity index is 2.09. The number of aryl methyl sites for hydroxylation is 1. The highest BCUT2D eigenvalue weighted by molar-refractivity contribution is 5.95. The average Bonchev–Trinajstić information content (AvgIpc) is 3.11. The Labute approximate surface area is 102 Å². The zero-order valence-electron chi connectivity index (χ0n) is 10.6. The number of hydrogen-bond acceptors (Lipinski definition) is 3. The summed E-state index contributed by atoms with van der Waals surface area (Å²) in [5, 5.41) is 6.00. The maximum atomic E-state index is 12.0. The third-order valence-corrected chi connectivity index (χ3v) is 3.16. The Morgan fingerprint density at radius 3 is 2.76 bits per heavy atom. The Morgan fingerprint density at radius 1 is 1.47 bits per heavy atom. The smallest absolute Gasteiger partial charge is 0.251 e. The lowest BCUT2D eigenvalue weighted by molar-refractivity contribution is 0.0935. The van der Waals surface area contributed by atoms with Gasteiger partial charge in [-0.05, 0) is 44.7 Å². The van der Waals surface area contributed by atoms with Crippen LogP contribution < -0.4 is 10.6 Å². The molecule has 1 atom stereocenters. The molecular formula is C13H19N3O. The lowest BCUT2D eigenvalue weighted by Crippen LogP contribution is -2.34. The van der Waals surface area contributed by atoms with E-state index in [1.165, 1.54) is 12.8 Å². The topological polar surface area (TPSA) is 54.0 Å². The van der Waals surface area contributed by atoms with Crippen molar-refractivity contribution in [1.82, 2.24) is 10.3 Å². The van der Waals surface area contributed by atoms with E-state index in [9.17, 15) is 4.79 Å². The maximum absolute atomic E-state index is 12.0. The second-order valence-corrected chi connectivity index (χ2v) is 4.73. The van der Waals surface area contributed by atoms with Gasteiger partial charge >= 0.3 is 0 Å². The van der Waals surface area contributed by atoms with E-state index in [1.807, 2.05) is 13.0 Å². The molecule has 1 aliphatic rings. The van der Waals surface area contributed by atoms with Gasteiger partial charge in [-0.15, -0.1) is 0 Å². The van der Waals surface area contributed by atoms with Gasteiger partial charge < -0.3 is 10.6 Å². The summed E-state index contributed by atoms with van der Waals surface area (Å²) in [5.74, 6) is 1.39. The Kier molecular flexibility index (Phi) is 3.31. The predicted molar refractivity (Wildman–Crippen MR) is 68.2 cm³/mol. The summed E-state index contributed by atoms with van der Waals surface area (Å²) in [6.07, 6.45) is 2.47. The highest BCUT2D eigenvalue weighted by Gasteiger charge is 2.29. The molecule has 0 bridgehead atoms. The van der Waals surface area contributed by atoms with E-state index in [1.54, 1.807) is 13.1 Å². The summed E-state index contributed by atoms with van der Waals surface area (Å²) >= 11 is 0. The molecule has 2 N–H and O–H groups in total. The second-order valence-electron chi connectivity index (χ2n) is 4.73. The van der Waals surface area contributed by atoms with Gasteiger partial charge in [-0.2, -0.15) is 0 Å². The van der Waals surface area contributed by atoms with Gasteiger partial charge in [0.1, 0.15) is 5.82 Å². The molecule has 92 valence electrons. The van der Waals surface area contributed by atoms with E-state index in [-0.39, 0.29) is 11.9 Å². The summed E-state index contributed by atoms with van der Waals surface area (Å²) in [7, 11) is 1.80. The minimum atomic E-state index is -0.00796. The largest absolute Gasteiger partial charge is 0.373 e. The normalized spacial score (nSPS) is 16.4. The van der Waals surface area contributed by atoms with Crippen LogP contribution in [0.1, 0.15) is 35.8 Å². The van der Waals surface area contributed by atoms with Crippen LogP contribution >= 0.6 is 0 Å². The quantitative estimate of drug-likeness (QED) is 0.836. The van der Waals surface area contributed by atoms with Crippen LogP contribution in [0, 0.1) is 12.8 Å². The van der Waals surface area contributed by atoms with Crippen LogP contribution in [0.2, 0.25) is 0 Å². The van der Waals surface area contributed by atoms with Crippen LogP contribution in [0.3, 0.4) is 0 Å². The molecule has 1 fully saturated rings. The fraction of sp³-hybridized carbons (Fsp3) is 0.538. The lowest BCUT2D eigenvalue weighted by atomic mass is 10.1. The van der Waals surface area contributed by atoms with Crippen molar-refractivity contribution in [2.45, 2.75) is 32.7 Å². The van der Waals surface area contributed by atoms with E-state index < -0.39 is 0 Å². The number of pyridine rings is 1. The molecule has 0 saturated heterocycles. The molecule has 1 aromatic heterocycles. The number of carbonyl (C=O) groups is 1. The molecule has 1 amide bonds. The van der Waals surface area contributed by atoms with Gasteiger partial charge in [0.25, 0.3) is 5.91 Å². The van der Waals surface area contributed by atoms with Crippen LogP contribution in [0.5, 0.6) is 0 Å². The number of amides is 1. The number of rotatable bonds is 4. The van der Waals surface area contributed by atoms with Crippen molar-refractivity contribution in [2.24, 2.45) is 5.92 Å². The van der Waals surface area contributed by atoms with Gasteiger partial charge in [0.05, 0.1) is 0 Å². The van der Waals surface area contributed by atoms with Crippen molar-refractivity contribution >= 4 is 11.7 Å². The first kappa shape index (κ1) is 11.9. The molecule has 0 radical (unpaired) electrons. The molecule has 0 aliphatic heterocycles. The Bertz CT molecular complexity index is 427. The van der Waals surface area contributed by atoms with Crippen LogP contribution in [-0.4, -0.2) is 24.0 Å². The standard InChI is InChI=1S/C13H19N3O/c1-8-6-11(7-12(14-3)15-8)13(17)16-9(2)10-4-5-10/h6-7,9-10H,4-5H2,1-3H3,(H,14,15)(H,16,17). The fourth-order valence-electron chi connectivity index (χ4n) is 1.93. The maximum Gasteiger partial charge on any atom is 0.251 e. The minimum absolute atomic E-state index is 0.00796. The summed E-state index contributed by atoms with van der Waals surface area (Å²) in [6, 6.07) is 3.87. The zero-order valence-corrected chi connectivity index (χ0v) is 10.6. The van der Waals surface area contributed by atoms with Crippen molar-refractivity contribution in [3.8, 4) is 0 Å². The highest BCUT2D eigenvalue weighted by Crippen LogP contribution is 2.32. The number of nitrogens with one attached hydrogen (secondary N) is 2. The predicted octanol–water partition coefficient (Wildman–Crippen LogP) is 1.96. The number of carbonyl (C=O) groups excluding carboxylic acids is 1. The molecular weight excluding hydrogens is 214 g/mol. The summed E-state index contributed by atoms with van der Waals surface area (Å²) in [5.41, 5.74) is 1.52. The molecule has 1 saturated carbocycles. The number of anilines is 1. The van der Waals surface area contributed by atoms with E-state index >= 15 is 0 Å². The first-order valence-corrected chi connectivity index (χ1v) is 6.07.